The number of piperazine rings is 1. The molecule has 1 amide bonds. The molecule has 10 heteroatoms. The minimum absolute atomic E-state index is 0.0759. The van der Waals surface area contributed by atoms with E-state index < -0.39 is 5.82 Å². The third kappa shape index (κ3) is 5.04. The number of phenolic OH excluding ortho intramolecular Hbond substituents is 1. The third-order valence-corrected chi connectivity index (χ3v) is 10.4. The lowest BCUT2D eigenvalue weighted by molar-refractivity contribution is -0.136. The summed E-state index contributed by atoms with van der Waals surface area (Å²) in [5, 5.41) is 16.2. The normalized spacial score (nSPS) is 25.1. The van der Waals surface area contributed by atoms with Crippen LogP contribution in [0.15, 0.2) is 48.5 Å². The highest BCUT2D eigenvalue weighted by Gasteiger charge is 2.45. The van der Waals surface area contributed by atoms with Crippen LogP contribution in [0.25, 0.3) is 32.8 Å². The summed E-state index contributed by atoms with van der Waals surface area (Å²) in [5.41, 5.74) is 1.16. The third-order valence-electron chi connectivity index (χ3n) is 10.4. The Morgan fingerprint density at radius 3 is 2.58 bits per heavy atom. The minimum atomic E-state index is -0.473. The number of ether oxygens (including phenoxy) is 1. The Balaban J connectivity index is 1.19. The van der Waals surface area contributed by atoms with E-state index >= 15 is 4.39 Å². The van der Waals surface area contributed by atoms with Crippen molar-refractivity contribution in [2.75, 3.05) is 44.7 Å². The second kappa shape index (κ2) is 11.4. The molecule has 1 aromatic heterocycles. The number of nitrogens with zero attached hydrogens (tertiary/aromatic N) is 5. The number of anilines is 1. The molecule has 8 rings (SSSR count). The number of hydrogen-bond acceptors (Lipinski definition) is 8. The first-order valence-corrected chi connectivity index (χ1v) is 16.3. The lowest BCUT2D eigenvalue weighted by Gasteiger charge is -2.42. The molecule has 4 aromatic rings. The van der Waals surface area contributed by atoms with Gasteiger partial charge in [0.2, 0.25) is 5.91 Å². The molecule has 5 heterocycles. The summed E-state index contributed by atoms with van der Waals surface area (Å²) in [6.07, 6.45) is 5.97. The number of fused-ring (bicyclic) bond motifs is 4. The largest absolute Gasteiger partial charge is 0.508 e. The van der Waals surface area contributed by atoms with E-state index in [4.69, 9.17) is 9.72 Å². The lowest BCUT2D eigenvalue weighted by atomic mass is 9.96. The van der Waals surface area contributed by atoms with Gasteiger partial charge in [-0.1, -0.05) is 30.3 Å². The second-order valence-corrected chi connectivity index (χ2v) is 13.1. The molecule has 4 saturated heterocycles. The van der Waals surface area contributed by atoms with E-state index in [2.05, 4.69) is 32.0 Å². The quantitative estimate of drug-likeness (QED) is 0.325. The molecule has 0 aliphatic carbocycles. The van der Waals surface area contributed by atoms with Crippen LogP contribution < -0.4 is 15.0 Å². The summed E-state index contributed by atoms with van der Waals surface area (Å²) < 4.78 is 23.0. The van der Waals surface area contributed by atoms with Crippen molar-refractivity contribution >= 4 is 33.4 Å². The van der Waals surface area contributed by atoms with E-state index in [1.807, 2.05) is 30.3 Å². The summed E-state index contributed by atoms with van der Waals surface area (Å²) in [5.74, 6) is 0.459. The number of benzene rings is 3. The van der Waals surface area contributed by atoms with Crippen molar-refractivity contribution in [1.82, 2.24) is 25.1 Å². The summed E-state index contributed by atoms with van der Waals surface area (Å²) >= 11 is 0. The van der Waals surface area contributed by atoms with E-state index in [-0.39, 0.29) is 47.4 Å². The predicted molar refractivity (Wildman–Crippen MR) is 172 cm³/mol. The van der Waals surface area contributed by atoms with Crippen molar-refractivity contribution in [3.63, 3.8) is 0 Å². The maximum absolute atomic E-state index is 16.7. The fourth-order valence-corrected chi connectivity index (χ4v) is 8.03. The lowest BCUT2D eigenvalue weighted by Crippen LogP contribution is -2.59. The molecule has 0 radical (unpaired) electrons. The minimum Gasteiger partial charge on any atom is -0.508 e. The average molecular weight is 611 g/mol. The Kier molecular flexibility index (Phi) is 7.21. The number of likely N-dealkylation sites (tertiary alicyclic amines) is 1. The molecular formula is C35H39FN6O3. The van der Waals surface area contributed by atoms with E-state index in [1.165, 1.54) is 0 Å². The molecule has 0 spiro atoms. The standard InChI is InChI=1S/C35H39FN6O3/c1-40-15-5-7-24(40)20-45-35-38-32-28(13-12-27(31(32)36)29-17-25(43)16-21-6-2-3-8-26(21)29)33(39-35)41-18-22-10-11-23(19-41)42(22)34(44)30-9-4-14-37-30/h2-3,6,8,12-13,16-17,22-24,30,37,43H,4-5,7,9-11,14-15,18-20H2,1H3/t22?,23?,24-,30+/m0/s1. The first-order valence-electron chi connectivity index (χ1n) is 16.3. The van der Waals surface area contributed by atoms with Crippen LogP contribution in [0, 0.1) is 5.82 Å². The van der Waals surface area contributed by atoms with Crippen molar-refractivity contribution in [2.24, 2.45) is 0 Å². The molecule has 4 aliphatic rings. The van der Waals surface area contributed by atoms with Crippen LogP contribution in [-0.4, -0.2) is 94.8 Å². The molecule has 2 unspecified atom stereocenters. The number of amides is 1. The van der Waals surface area contributed by atoms with Crippen LogP contribution in [0.3, 0.4) is 0 Å². The summed E-state index contributed by atoms with van der Waals surface area (Å²) in [6, 6.07) is 15.1. The van der Waals surface area contributed by atoms with E-state index in [0.717, 1.165) is 62.4 Å². The topological polar surface area (TPSA) is 94.1 Å². The van der Waals surface area contributed by atoms with Crippen molar-refractivity contribution < 1.29 is 19.0 Å². The monoisotopic (exact) mass is 610 g/mol. The van der Waals surface area contributed by atoms with Gasteiger partial charge in [-0.3, -0.25) is 4.79 Å². The van der Waals surface area contributed by atoms with Crippen LogP contribution in [0.1, 0.15) is 38.5 Å². The molecule has 45 heavy (non-hydrogen) atoms. The Hall–Kier alpha value is -4.02. The maximum Gasteiger partial charge on any atom is 0.319 e. The number of aromatic nitrogens is 2. The number of hydrogen-bond donors (Lipinski definition) is 2. The van der Waals surface area contributed by atoms with Gasteiger partial charge < -0.3 is 29.9 Å². The molecular weight excluding hydrogens is 571 g/mol. The Bertz CT molecular complexity index is 1760. The van der Waals surface area contributed by atoms with Crippen LogP contribution in [0.4, 0.5) is 10.2 Å². The SMILES string of the molecule is CN1CCC[C@H]1COc1nc(N2CC3CCC(C2)N3C(=O)[C@H]2CCCN2)c2ccc(-c3cc(O)cc4ccccc34)c(F)c2n1. The zero-order chi connectivity index (χ0) is 30.7. The van der Waals surface area contributed by atoms with Gasteiger partial charge in [0.05, 0.1) is 6.04 Å². The van der Waals surface area contributed by atoms with Crippen LogP contribution >= 0.6 is 0 Å². The fourth-order valence-electron chi connectivity index (χ4n) is 8.03. The maximum atomic E-state index is 16.7. The van der Waals surface area contributed by atoms with Crippen LogP contribution in [-0.2, 0) is 4.79 Å². The zero-order valence-electron chi connectivity index (χ0n) is 25.6. The van der Waals surface area contributed by atoms with Gasteiger partial charge in [0.15, 0.2) is 5.82 Å². The van der Waals surface area contributed by atoms with Gasteiger partial charge in [0.1, 0.15) is 23.7 Å². The number of likely N-dealkylation sites (N-methyl/N-ethyl adjacent to an activating group) is 1. The highest BCUT2D eigenvalue weighted by molar-refractivity contribution is 6.01. The van der Waals surface area contributed by atoms with E-state index in [0.29, 0.717) is 42.0 Å². The number of nitrogens with one attached hydrogen (secondary N) is 1. The number of halogens is 1. The highest BCUT2D eigenvalue weighted by atomic mass is 19.1. The number of carbonyl (C=O) groups is 1. The van der Waals surface area contributed by atoms with Gasteiger partial charge in [0, 0.05) is 42.2 Å². The second-order valence-electron chi connectivity index (χ2n) is 13.1. The Morgan fingerprint density at radius 1 is 1.00 bits per heavy atom. The molecule has 4 aliphatic heterocycles. The predicted octanol–water partition coefficient (Wildman–Crippen LogP) is 4.70. The number of aromatic hydroxyl groups is 1. The molecule has 2 N–H and O–H groups in total. The molecule has 234 valence electrons. The zero-order valence-corrected chi connectivity index (χ0v) is 25.6. The highest BCUT2D eigenvalue weighted by Crippen LogP contribution is 2.40. The van der Waals surface area contributed by atoms with Gasteiger partial charge in [-0.05, 0) is 93.2 Å². The molecule has 0 saturated carbocycles. The van der Waals surface area contributed by atoms with Crippen molar-refractivity contribution in [1.29, 1.82) is 0 Å². The molecule has 4 fully saturated rings. The van der Waals surface area contributed by atoms with Gasteiger partial charge in [-0.2, -0.15) is 9.97 Å². The van der Waals surface area contributed by atoms with Crippen LogP contribution in [0.5, 0.6) is 11.8 Å². The summed E-state index contributed by atoms with van der Waals surface area (Å²) in [4.78, 5) is 29.6. The number of carbonyl (C=O) groups excluding carboxylic acids is 1. The summed E-state index contributed by atoms with van der Waals surface area (Å²) in [6.45, 7) is 3.61. The van der Waals surface area contributed by atoms with Gasteiger partial charge in [0.25, 0.3) is 0 Å². The Morgan fingerprint density at radius 2 is 1.82 bits per heavy atom. The van der Waals surface area contributed by atoms with Gasteiger partial charge in [-0.25, -0.2) is 4.39 Å². The van der Waals surface area contributed by atoms with Crippen molar-refractivity contribution in [3.8, 4) is 22.9 Å². The van der Waals surface area contributed by atoms with Gasteiger partial charge >= 0.3 is 6.01 Å². The van der Waals surface area contributed by atoms with Crippen LogP contribution in [0.2, 0.25) is 0 Å². The fraction of sp³-hybridized carbons (Fsp3) is 0.457. The molecule has 3 aromatic carbocycles. The molecule has 2 bridgehead atoms. The van der Waals surface area contributed by atoms with Crippen molar-refractivity contribution in [3.05, 3.63) is 54.3 Å². The summed E-state index contributed by atoms with van der Waals surface area (Å²) in [7, 11) is 2.09. The van der Waals surface area contributed by atoms with E-state index in [1.54, 1.807) is 18.2 Å². The first-order chi connectivity index (χ1) is 21.9. The van der Waals surface area contributed by atoms with E-state index in [9.17, 15) is 9.90 Å². The van der Waals surface area contributed by atoms with Crippen molar-refractivity contribution in [2.45, 2.75) is 62.7 Å². The Labute approximate surface area is 262 Å². The first kappa shape index (κ1) is 28.5. The number of rotatable bonds is 6. The molecule has 9 nitrogen and oxygen atoms in total. The molecule has 4 atom stereocenters. The number of phenols is 1. The average Bonchev–Trinajstić information content (AvgIpc) is 3.79. The van der Waals surface area contributed by atoms with Gasteiger partial charge in [-0.15, -0.1) is 0 Å². The smallest absolute Gasteiger partial charge is 0.319 e.